The fourth-order valence-electron chi connectivity index (χ4n) is 3.49. The average Bonchev–Trinajstić information content (AvgIpc) is 3.18. The number of nitrogens with zero attached hydrogens (tertiary/aromatic N) is 3. The summed E-state index contributed by atoms with van der Waals surface area (Å²) in [6, 6.07) is 0. The smallest absolute Gasteiger partial charge is 0.174 e. The number of hydrogen-bond acceptors (Lipinski definition) is 5. The van der Waals surface area contributed by atoms with Crippen molar-refractivity contribution in [2.24, 2.45) is 11.8 Å². The zero-order chi connectivity index (χ0) is 13.8. The molecule has 2 bridgehead atoms. The van der Waals surface area contributed by atoms with E-state index in [2.05, 4.69) is 32.8 Å². The van der Waals surface area contributed by atoms with Crippen LogP contribution in [0.2, 0.25) is 0 Å². The van der Waals surface area contributed by atoms with Crippen LogP contribution in [0.4, 0.5) is 0 Å². The van der Waals surface area contributed by atoms with E-state index in [1.807, 2.05) is 0 Å². The monoisotopic (exact) mass is 278 g/mol. The molecule has 1 aromatic heterocycles. The van der Waals surface area contributed by atoms with Crippen molar-refractivity contribution in [2.75, 3.05) is 6.61 Å². The van der Waals surface area contributed by atoms with E-state index in [0.717, 1.165) is 44.3 Å². The first kappa shape index (κ1) is 13.7. The van der Waals surface area contributed by atoms with Gasteiger partial charge >= 0.3 is 0 Å². The number of nitrogens with one attached hydrogen (secondary N) is 1. The number of aromatic nitrogens is 4. The highest BCUT2D eigenvalue weighted by Crippen LogP contribution is 2.44. The molecule has 0 saturated carbocycles. The van der Waals surface area contributed by atoms with E-state index < -0.39 is 0 Å². The lowest BCUT2D eigenvalue weighted by atomic mass is 9.78. The van der Waals surface area contributed by atoms with Crippen LogP contribution in [0.15, 0.2) is 12.2 Å². The number of tetrazole rings is 1. The van der Waals surface area contributed by atoms with Gasteiger partial charge in [0.15, 0.2) is 5.82 Å². The molecule has 0 spiro atoms. The molecule has 2 aliphatic heterocycles. The van der Waals surface area contributed by atoms with Gasteiger partial charge in [0.25, 0.3) is 0 Å². The molecule has 3 heterocycles. The van der Waals surface area contributed by atoms with Crippen LogP contribution in [0, 0.1) is 11.8 Å². The van der Waals surface area contributed by atoms with E-state index in [0.29, 0.717) is 24.0 Å². The normalized spacial score (nSPS) is 32.5. The van der Waals surface area contributed by atoms with E-state index in [4.69, 9.17) is 4.74 Å². The number of rotatable bonds is 7. The number of aliphatic hydroxyl groups is 1. The number of aryl methyl sites for hydroxylation is 1. The van der Waals surface area contributed by atoms with Crippen molar-refractivity contribution in [1.82, 2.24) is 20.6 Å². The molecule has 2 N–H and O–H groups in total. The highest BCUT2D eigenvalue weighted by Gasteiger charge is 2.47. The molecular formula is C14H22N4O2. The van der Waals surface area contributed by atoms with Gasteiger partial charge in [-0.1, -0.05) is 17.4 Å². The molecule has 0 aromatic carbocycles. The Labute approximate surface area is 118 Å². The largest absolute Gasteiger partial charge is 0.396 e. The van der Waals surface area contributed by atoms with Crippen LogP contribution < -0.4 is 0 Å². The van der Waals surface area contributed by atoms with Crippen molar-refractivity contribution in [2.45, 2.75) is 50.7 Å². The Morgan fingerprint density at radius 2 is 2.10 bits per heavy atom. The summed E-state index contributed by atoms with van der Waals surface area (Å²) in [6.07, 6.45) is 11.4. The summed E-state index contributed by atoms with van der Waals surface area (Å²) >= 11 is 0. The van der Waals surface area contributed by atoms with Crippen LogP contribution in [0.5, 0.6) is 0 Å². The molecule has 20 heavy (non-hydrogen) atoms. The van der Waals surface area contributed by atoms with Crippen LogP contribution in [0.25, 0.3) is 0 Å². The molecule has 3 rings (SSSR count). The van der Waals surface area contributed by atoms with Crippen LogP contribution in [0.1, 0.15) is 37.9 Å². The Bertz CT molecular complexity index is 434. The predicted octanol–water partition coefficient (Wildman–Crippen LogP) is 1.25. The topological polar surface area (TPSA) is 83.9 Å². The van der Waals surface area contributed by atoms with Crippen molar-refractivity contribution >= 4 is 0 Å². The summed E-state index contributed by atoms with van der Waals surface area (Å²) < 4.78 is 5.89. The van der Waals surface area contributed by atoms with Gasteiger partial charge in [-0.05, 0) is 38.0 Å². The van der Waals surface area contributed by atoms with Gasteiger partial charge in [-0.25, -0.2) is 0 Å². The summed E-state index contributed by atoms with van der Waals surface area (Å²) in [4.78, 5) is 0. The van der Waals surface area contributed by atoms with E-state index in [-0.39, 0.29) is 6.61 Å². The molecule has 0 amide bonds. The molecule has 0 aliphatic carbocycles. The van der Waals surface area contributed by atoms with Crippen molar-refractivity contribution in [3.05, 3.63) is 18.0 Å². The zero-order valence-corrected chi connectivity index (χ0v) is 11.6. The molecule has 4 atom stereocenters. The summed E-state index contributed by atoms with van der Waals surface area (Å²) in [5, 5.41) is 23.3. The molecule has 2 aliphatic rings. The van der Waals surface area contributed by atoms with Gasteiger partial charge in [-0.3, -0.25) is 0 Å². The van der Waals surface area contributed by atoms with E-state index >= 15 is 0 Å². The first-order valence-electron chi connectivity index (χ1n) is 7.52. The Kier molecular flexibility index (Phi) is 4.42. The van der Waals surface area contributed by atoms with E-state index in [1.165, 1.54) is 0 Å². The quantitative estimate of drug-likeness (QED) is 0.579. The number of ether oxygens (including phenoxy) is 1. The van der Waals surface area contributed by atoms with Crippen molar-refractivity contribution in [3.8, 4) is 0 Å². The minimum atomic E-state index is 0.261. The molecule has 2 saturated heterocycles. The van der Waals surface area contributed by atoms with Gasteiger partial charge in [0.1, 0.15) is 0 Å². The molecule has 0 radical (unpaired) electrons. The Morgan fingerprint density at radius 1 is 1.25 bits per heavy atom. The van der Waals surface area contributed by atoms with Crippen LogP contribution in [0.3, 0.4) is 0 Å². The second kappa shape index (κ2) is 6.45. The minimum Gasteiger partial charge on any atom is -0.396 e. The van der Waals surface area contributed by atoms with Crippen molar-refractivity contribution < 1.29 is 9.84 Å². The fourth-order valence-corrected chi connectivity index (χ4v) is 3.49. The maximum atomic E-state index is 9.48. The van der Waals surface area contributed by atoms with Crippen LogP contribution >= 0.6 is 0 Å². The van der Waals surface area contributed by atoms with Crippen LogP contribution in [-0.4, -0.2) is 44.5 Å². The standard InChI is InChI=1S/C14H22N4O2/c19-9-11-10(12-7-8-13(11)20-12)5-3-1-2-4-6-14-15-17-18-16-14/h1,3,10-13,19H,2,4-9H2,(H,15,16,17,18)/t10-,11+,12-,13+/m0/s1. The maximum Gasteiger partial charge on any atom is 0.174 e. The highest BCUT2D eigenvalue weighted by atomic mass is 16.5. The third-order valence-corrected chi connectivity index (χ3v) is 4.54. The highest BCUT2D eigenvalue weighted by molar-refractivity contribution is 4.99. The summed E-state index contributed by atoms with van der Waals surface area (Å²) in [5.41, 5.74) is 0. The third kappa shape index (κ3) is 2.91. The van der Waals surface area contributed by atoms with Gasteiger partial charge < -0.3 is 9.84 Å². The first-order valence-corrected chi connectivity index (χ1v) is 7.52. The summed E-state index contributed by atoms with van der Waals surface area (Å²) in [6.45, 7) is 0.261. The van der Waals surface area contributed by atoms with Crippen molar-refractivity contribution in [1.29, 1.82) is 0 Å². The molecule has 2 fully saturated rings. The van der Waals surface area contributed by atoms with E-state index in [9.17, 15) is 5.11 Å². The summed E-state index contributed by atoms with van der Waals surface area (Å²) in [7, 11) is 0. The number of unbranched alkanes of at least 4 members (excludes halogenated alkanes) is 1. The summed E-state index contributed by atoms with van der Waals surface area (Å²) in [5.74, 6) is 1.63. The predicted molar refractivity (Wildman–Crippen MR) is 72.8 cm³/mol. The molecule has 0 unspecified atom stereocenters. The Hall–Kier alpha value is -1.27. The van der Waals surface area contributed by atoms with Gasteiger partial charge in [-0.2, -0.15) is 5.21 Å². The Balaban J connectivity index is 1.37. The SMILES string of the molecule is OC[C@@H]1[C@H](CC=CCCCc2nn[nH]n2)[C@@H]2CC[C@H]1O2. The molecule has 1 aromatic rings. The number of aromatic amines is 1. The van der Waals surface area contributed by atoms with Gasteiger partial charge in [0.2, 0.25) is 0 Å². The number of allylic oxidation sites excluding steroid dienone is 2. The molecule has 110 valence electrons. The number of fused-ring (bicyclic) bond motifs is 2. The second-order valence-corrected chi connectivity index (χ2v) is 5.73. The maximum absolute atomic E-state index is 9.48. The van der Waals surface area contributed by atoms with Gasteiger partial charge in [-0.15, -0.1) is 10.2 Å². The number of aliphatic hydroxyl groups excluding tert-OH is 1. The fraction of sp³-hybridized carbons (Fsp3) is 0.786. The van der Waals surface area contributed by atoms with Crippen LogP contribution in [-0.2, 0) is 11.2 Å². The van der Waals surface area contributed by atoms with E-state index in [1.54, 1.807) is 0 Å². The van der Waals surface area contributed by atoms with Gasteiger partial charge in [0, 0.05) is 18.9 Å². The lowest BCUT2D eigenvalue weighted by Gasteiger charge is -2.25. The lowest BCUT2D eigenvalue weighted by molar-refractivity contribution is 0.0787. The van der Waals surface area contributed by atoms with Gasteiger partial charge in [0.05, 0.1) is 12.2 Å². The molecular weight excluding hydrogens is 256 g/mol. The lowest BCUT2D eigenvalue weighted by Crippen LogP contribution is -2.29. The first-order chi connectivity index (χ1) is 9.88. The zero-order valence-electron chi connectivity index (χ0n) is 11.6. The average molecular weight is 278 g/mol. The molecule has 6 nitrogen and oxygen atoms in total. The third-order valence-electron chi connectivity index (χ3n) is 4.54. The van der Waals surface area contributed by atoms with Crippen molar-refractivity contribution in [3.63, 3.8) is 0 Å². The minimum absolute atomic E-state index is 0.261. The number of H-pyrrole nitrogens is 1. The molecule has 6 heteroatoms. The second-order valence-electron chi connectivity index (χ2n) is 5.73. The number of hydrogen-bond donors (Lipinski definition) is 2. The Morgan fingerprint density at radius 3 is 2.85 bits per heavy atom.